The number of rotatable bonds is 2. The Kier molecular flexibility index (Phi) is 7.78. The van der Waals surface area contributed by atoms with Gasteiger partial charge in [0.1, 0.15) is 11.2 Å². The minimum atomic E-state index is -4.73. The maximum absolute atomic E-state index is 15.0. The van der Waals surface area contributed by atoms with Crippen LogP contribution in [-0.4, -0.2) is 63.0 Å². The molecule has 0 bridgehead atoms. The van der Waals surface area contributed by atoms with E-state index in [0.29, 0.717) is 16.9 Å². The molecule has 2 aliphatic rings. The van der Waals surface area contributed by atoms with E-state index in [-0.39, 0.29) is 48.2 Å². The molecule has 3 aromatic heterocycles. The van der Waals surface area contributed by atoms with E-state index in [4.69, 9.17) is 16.3 Å². The number of anilines is 3. The lowest BCUT2D eigenvalue weighted by Gasteiger charge is -2.39. The highest BCUT2D eigenvalue weighted by Gasteiger charge is 2.47. The van der Waals surface area contributed by atoms with Crippen molar-refractivity contribution in [3.8, 4) is 0 Å². The highest BCUT2D eigenvalue weighted by atomic mass is 35.5. The van der Waals surface area contributed by atoms with E-state index in [0.717, 1.165) is 0 Å². The highest BCUT2D eigenvalue weighted by Crippen LogP contribution is 2.41. The molecule has 0 spiro atoms. The summed E-state index contributed by atoms with van der Waals surface area (Å²) in [5.74, 6) is -1.88. The molecule has 2 aliphatic heterocycles. The molecule has 3 aromatic rings. The number of alkyl halides is 3. The molecule has 2 atom stereocenters. The van der Waals surface area contributed by atoms with Crippen LogP contribution in [0.5, 0.6) is 0 Å². The van der Waals surface area contributed by atoms with Gasteiger partial charge in [0.05, 0.1) is 25.6 Å². The van der Waals surface area contributed by atoms with Crippen LogP contribution in [-0.2, 0) is 4.74 Å². The molecule has 0 radical (unpaired) electrons. The lowest BCUT2D eigenvalue weighted by Crippen LogP contribution is -2.49. The Morgan fingerprint density at radius 2 is 1.97 bits per heavy atom. The van der Waals surface area contributed by atoms with Gasteiger partial charge in [0, 0.05) is 37.2 Å². The summed E-state index contributed by atoms with van der Waals surface area (Å²) < 4.78 is 61.7. The number of nitrogens with zero attached hydrogens (tertiary/aromatic N) is 6. The topological polar surface area (TPSA) is 109 Å². The fourth-order valence-electron chi connectivity index (χ4n) is 4.09. The third-order valence-corrected chi connectivity index (χ3v) is 6.04. The van der Waals surface area contributed by atoms with Gasteiger partial charge in [-0.25, -0.2) is 9.97 Å². The Hall–Kier alpha value is -3.52. The lowest BCUT2D eigenvalue weighted by atomic mass is 10.1. The summed E-state index contributed by atoms with van der Waals surface area (Å²) in [7, 11) is 0. The van der Waals surface area contributed by atoms with E-state index >= 15 is 4.39 Å². The average Bonchev–Trinajstić information content (AvgIpc) is 2.86. The van der Waals surface area contributed by atoms with Crippen molar-refractivity contribution in [1.82, 2.24) is 24.5 Å². The predicted octanol–water partition coefficient (Wildman–Crippen LogP) is 3.07. The van der Waals surface area contributed by atoms with Gasteiger partial charge in [0.2, 0.25) is 11.8 Å². The van der Waals surface area contributed by atoms with Gasteiger partial charge in [-0.2, -0.15) is 22.5 Å². The molecule has 0 aliphatic carbocycles. The molecular weight excluding hydrogens is 522 g/mol. The summed E-state index contributed by atoms with van der Waals surface area (Å²) >= 11 is 5.93. The zero-order chi connectivity index (χ0) is 26.7. The number of halogens is 5. The Bertz CT molecular complexity index is 1350. The molecule has 5 heterocycles. The van der Waals surface area contributed by atoms with E-state index in [1.807, 2.05) is 0 Å². The summed E-state index contributed by atoms with van der Waals surface area (Å²) in [6.07, 6.45) is -0.987. The van der Waals surface area contributed by atoms with Crippen molar-refractivity contribution in [1.29, 1.82) is 0 Å². The molecule has 1 saturated heterocycles. The normalized spacial score (nSPS) is 19.6. The largest absolute Gasteiger partial charge is 0.409 e. The van der Waals surface area contributed by atoms with Gasteiger partial charge in [0.15, 0.2) is 5.82 Å². The molecule has 0 unspecified atom stereocenters. The second-order valence-corrected chi connectivity index (χ2v) is 8.67. The van der Waals surface area contributed by atoms with Crippen LogP contribution in [0.3, 0.4) is 0 Å². The van der Waals surface area contributed by atoms with Gasteiger partial charge in [-0.15, -0.1) is 0 Å². The summed E-state index contributed by atoms with van der Waals surface area (Å²) in [6.45, 7) is 2.52. The molecule has 37 heavy (non-hydrogen) atoms. The fourth-order valence-corrected chi connectivity index (χ4v) is 4.26. The first-order chi connectivity index (χ1) is 17.6. The van der Waals surface area contributed by atoms with Gasteiger partial charge in [-0.05, 0) is 25.5 Å². The summed E-state index contributed by atoms with van der Waals surface area (Å²) in [4.78, 5) is 40.0. The molecule has 10 nitrogen and oxygen atoms in total. The van der Waals surface area contributed by atoms with Gasteiger partial charge >= 0.3 is 6.18 Å². The van der Waals surface area contributed by atoms with Crippen LogP contribution in [0, 0.1) is 5.82 Å². The quantitative estimate of drug-likeness (QED) is 0.388. The number of aromatic nitrogens is 5. The molecular formula is C22H22ClF4N7O3. The van der Waals surface area contributed by atoms with E-state index in [9.17, 15) is 22.8 Å². The van der Waals surface area contributed by atoms with Crippen LogP contribution in [0.1, 0.15) is 19.4 Å². The molecule has 0 amide bonds. The van der Waals surface area contributed by atoms with Crippen LogP contribution < -0.4 is 20.9 Å². The van der Waals surface area contributed by atoms with E-state index < -0.39 is 30.0 Å². The van der Waals surface area contributed by atoms with E-state index in [2.05, 4.69) is 19.9 Å². The number of nitrogens with one attached hydrogen (secondary N) is 1. The number of hydrogen-bond acceptors (Lipinski definition) is 8. The second kappa shape index (κ2) is 10.8. The standard InChI is InChI=1S/C18H18ClF4N5O2.C4H4N2O/c1-10-9-30-7-6-26(10)15-14(20)16(29)28-12(18(21,22)23)3-5-27(17(28)25-15)11-2-4-24-13(19)8-11;7-4-1-2-5-3-6-4/h2,4,8,10,12H,3,5-7,9H2,1H3;1-3H,(H,5,6,7)/t10-,12-;/m1./s1. The van der Waals surface area contributed by atoms with Crippen LogP contribution in [0.25, 0.3) is 0 Å². The first kappa shape index (κ1) is 26.5. The third-order valence-electron chi connectivity index (χ3n) is 5.84. The van der Waals surface area contributed by atoms with Crippen molar-refractivity contribution in [2.24, 2.45) is 0 Å². The first-order valence-electron chi connectivity index (χ1n) is 11.2. The number of ether oxygens (including phenoxy) is 1. The van der Waals surface area contributed by atoms with Crippen molar-refractivity contribution >= 4 is 29.1 Å². The van der Waals surface area contributed by atoms with Crippen molar-refractivity contribution in [3.63, 3.8) is 0 Å². The average molecular weight is 544 g/mol. The van der Waals surface area contributed by atoms with Crippen LogP contribution in [0.2, 0.25) is 5.15 Å². The zero-order valence-electron chi connectivity index (χ0n) is 19.5. The molecule has 198 valence electrons. The second-order valence-electron chi connectivity index (χ2n) is 8.28. The van der Waals surface area contributed by atoms with Crippen molar-refractivity contribution in [3.05, 3.63) is 68.6 Å². The van der Waals surface area contributed by atoms with Crippen LogP contribution in [0.4, 0.5) is 35.0 Å². The number of H-pyrrole nitrogens is 1. The van der Waals surface area contributed by atoms with Gasteiger partial charge in [0.25, 0.3) is 11.1 Å². The lowest BCUT2D eigenvalue weighted by molar-refractivity contribution is -0.170. The maximum Gasteiger partial charge on any atom is 0.409 e. The Labute approximate surface area is 212 Å². The Morgan fingerprint density at radius 1 is 1.19 bits per heavy atom. The van der Waals surface area contributed by atoms with Gasteiger partial charge in [-0.3, -0.25) is 14.2 Å². The number of pyridine rings is 1. The van der Waals surface area contributed by atoms with Crippen molar-refractivity contribution < 1.29 is 22.3 Å². The molecule has 5 rings (SSSR count). The van der Waals surface area contributed by atoms with Crippen molar-refractivity contribution in [2.45, 2.75) is 31.6 Å². The minimum absolute atomic E-state index is 0.0826. The number of morpholine rings is 1. The minimum Gasteiger partial charge on any atom is -0.377 e. The van der Waals surface area contributed by atoms with E-state index in [1.54, 1.807) is 6.92 Å². The van der Waals surface area contributed by atoms with Crippen molar-refractivity contribution in [2.75, 3.05) is 36.1 Å². The van der Waals surface area contributed by atoms with Crippen LogP contribution in [0.15, 0.2) is 46.5 Å². The summed E-state index contributed by atoms with van der Waals surface area (Å²) in [6, 6.07) is 1.88. The van der Waals surface area contributed by atoms with Gasteiger partial charge < -0.3 is 19.5 Å². The van der Waals surface area contributed by atoms with Crippen LogP contribution >= 0.6 is 11.6 Å². The number of aromatic amines is 1. The molecule has 1 N–H and O–H groups in total. The number of fused-ring (bicyclic) bond motifs is 1. The maximum atomic E-state index is 15.0. The summed E-state index contributed by atoms with van der Waals surface area (Å²) in [5, 5.41) is 0.128. The zero-order valence-corrected chi connectivity index (χ0v) is 20.2. The Balaban J connectivity index is 0.000000396. The molecule has 15 heteroatoms. The van der Waals surface area contributed by atoms with Gasteiger partial charge in [-0.1, -0.05) is 11.6 Å². The monoisotopic (exact) mass is 543 g/mol. The smallest absolute Gasteiger partial charge is 0.377 e. The highest BCUT2D eigenvalue weighted by molar-refractivity contribution is 6.29. The molecule has 1 fully saturated rings. The number of hydrogen-bond donors (Lipinski definition) is 1. The SMILES string of the molecule is C[C@@H]1COCCN1c1nc2n(c(=O)c1F)[C@@H](C(F)(F)F)CCN2c1ccnc(Cl)c1.O=c1ccnc[nH]1. The Morgan fingerprint density at radius 3 is 2.57 bits per heavy atom. The predicted molar refractivity (Wildman–Crippen MR) is 127 cm³/mol. The van der Waals surface area contributed by atoms with E-state index in [1.165, 1.54) is 46.7 Å². The first-order valence-corrected chi connectivity index (χ1v) is 11.6. The molecule has 0 aromatic carbocycles. The third kappa shape index (κ3) is 5.74. The molecule has 0 saturated carbocycles. The summed E-state index contributed by atoms with van der Waals surface area (Å²) in [5.41, 5.74) is -1.07. The fraction of sp³-hybridized carbons (Fsp3) is 0.409.